The van der Waals surface area contributed by atoms with E-state index in [0.29, 0.717) is 17.9 Å². The number of hydrogen-bond donors (Lipinski definition) is 0. The Morgan fingerprint density at radius 2 is 1.91 bits per heavy atom. The molecule has 0 amide bonds. The minimum absolute atomic E-state index is 0.289. The van der Waals surface area contributed by atoms with Crippen LogP contribution in [0.1, 0.15) is 15.9 Å². The van der Waals surface area contributed by atoms with Crippen LogP contribution in [0.25, 0.3) is 11.4 Å². The molecular formula is C18H15FN2O2. The predicted molar refractivity (Wildman–Crippen MR) is 84.5 cm³/mol. The van der Waals surface area contributed by atoms with Crippen LogP contribution >= 0.6 is 0 Å². The number of methoxy groups -OCH3 is 1. The third-order valence-corrected chi connectivity index (χ3v) is 3.58. The zero-order valence-corrected chi connectivity index (χ0v) is 12.6. The zero-order chi connectivity index (χ0) is 16.2. The van der Waals surface area contributed by atoms with E-state index >= 15 is 0 Å². The first-order valence-corrected chi connectivity index (χ1v) is 7.12. The van der Waals surface area contributed by atoms with Crippen molar-refractivity contribution in [1.82, 2.24) is 9.55 Å². The fourth-order valence-electron chi connectivity index (χ4n) is 2.45. The summed E-state index contributed by atoms with van der Waals surface area (Å²) in [5.74, 6) is 0.0524. The Morgan fingerprint density at radius 1 is 1.17 bits per heavy atom. The van der Waals surface area contributed by atoms with E-state index in [0.717, 1.165) is 11.1 Å². The Bertz CT molecular complexity index is 825. The SMILES string of the molecule is COC(=O)c1ccccc1Cn1ccnc1-c1ccc(F)cc1. The van der Waals surface area contributed by atoms with Crippen LogP contribution in [0.2, 0.25) is 0 Å². The molecule has 2 aromatic carbocycles. The molecule has 0 radical (unpaired) electrons. The smallest absolute Gasteiger partial charge is 0.338 e. The van der Waals surface area contributed by atoms with Gasteiger partial charge in [0.1, 0.15) is 11.6 Å². The van der Waals surface area contributed by atoms with Gasteiger partial charge < -0.3 is 9.30 Å². The van der Waals surface area contributed by atoms with Crippen LogP contribution in [0.4, 0.5) is 4.39 Å². The van der Waals surface area contributed by atoms with Gasteiger partial charge in [0, 0.05) is 24.5 Å². The first kappa shape index (κ1) is 15.0. The summed E-state index contributed by atoms with van der Waals surface area (Å²) in [6.07, 6.45) is 3.51. The second kappa shape index (κ2) is 6.44. The maximum absolute atomic E-state index is 13.1. The van der Waals surface area contributed by atoms with E-state index in [1.807, 2.05) is 22.9 Å². The van der Waals surface area contributed by atoms with Gasteiger partial charge >= 0.3 is 5.97 Å². The quantitative estimate of drug-likeness (QED) is 0.693. The average molecular weight is 310 g/mol. The van der Waals surface area contributed by atoms with Crippen LogP contribution in [0.15, 0.2) is 60.9 Å². The van der Waals surface area contributed by atoms with Crippen molar-refractivity contribution in [1.29, 1.82) is 0 Å². The van der Waals surface area contributed by atoms with E-state index in [2.05, 4.69) is 4.98 Å². The van der Waals surface area contributed by atoms with Crippen LogP contribution < -0.4 is 0 Å². The second-order valence-corrected chi connectivity index (χ2v) is 5.03. The molecule has 0 unspecified atom stereocenters. The third-order valence-electron chi connectivity index (χ3n) is 3.58. The molecule has 0 saturated carbocycles. The number of rotatable bonds is 4. The number of imidazole rings is 1. The first-order valence-electron chi connectivity index (χ1n) is 7.12. The van der Waals surface area contributed by atoms with E-state index in [1.165, 1.54) is 19.2 Å². The maximum Gasteiger partial charge on any atom is 0.338 e. The number of hydrogen-bond acceptors (Lipinski definition) is 3. The van der Waals surface area contributed by atoms with Gasteiger partial charge in [0.2, 0.25) is 0 Å². The molecule has 0 saturated heterocycles. The molecule has 3 rings (SSSR count). The lowest BCUT2D eigenvalue weighted by atomic mass is 10.1. The van der Waals surface area contributed by atoms with E-state index in [-0.39, 0.29) is 11.8 Å². The number of carbonyl (C=O) groups excluding carboxylic acids is 1. The van der Waals surface area contributed by atoms with Gasteiger partial charge in [-0.1, -0.05) is 18.2 Å². The molecule has 0 spiro atoms. The van der Waals surface area contributed by atoms with Gasteiger partial charge in [-0.15, -0.1) is 0 Å². The van der Waals surface area contributed by atoms with Gasteiger partial charge in [-0.25, -0.2) is 14.2 Å². The van der Waals surface area contributed by atoms with Gasteiger partial charge in [-0.05, 0) is 35.9 Å². The summed E-state index contributed by atoms with van der Waals surface area (Å²) in [7, 11) is 1.36. The molecule has 116 valence electrons. The Kier molecular flexibility index (Phi) is 4.19. The van der Waals surface area contributed by atoms with Crippen LogP contribution in [-0.2, 0) is 11.3 Å². The number of ether oxygens (including phenoxy) is 1. The minimum atomic E-state index is -0.371. The summed E-state index contributed by atoms with van der Waals surface area (Å²) < 4.78 is 19.8. The average Bonchev–Trinajstić information content (AvgIpc) is 3.03. The van der Waals surface area contributed by atoms with Crippen molar-refractivity contribution in [2.24, 2.45) is 0 Å². The lowest BCUT2D eigenvalue weighted by molar-refractivity contribution is 0.0599. The molecule has 5 heteroatoms. The highest BCUT2D eigenvalue weighted by Crippen LogP contribution is 2.20. The van der Waals surface area contributed by atoms with Gasteiger partial charge in [0.05, 0.1) is 12.7 Å². The van der Waals surface area contributed by atoms with E-state index in [9.17, 15) is 9.18 Å². The number of nitrogens with zero attached hydrogens (tertiary/aromatic N) is 2. The maximum atomic E-state index is 13.1. The summed E-state index contributed by atoms with van der Waals surface area (Å²) in [5, 5.41) is 0. The normalized spacial score (nSPS) is 10.5. The van der Waals surface area contributed by atoms with Crippen LogP contribution in [0, 0.1) is 5.82 Å². The van der Waals surface area contributed by atoms with Crippen molar-refractivity contribution < 1.29 is 13.9 Å². The van der Waals surface area contributed by atoms with E-state index in [4.69, 9.17) is 4.74 Å². The highest BCUT2D eigenvalue weighted by atomic mass is 19.1. The molecule has 4 nitrogen and oxygen atoms in total. The third kappa shape index (κ3) is 3.13. The lowest BCUT2D eigenvalue weighted by Gasteiger charge is -2.11. The number of halogens is 1. The molecular weight excluding hydrogens is 295 g/mol. The molecule has 0 aliphatic rings. The zero-order valence-electron chi connectivity index (χ0n) is 12.6. The van der Waals surface area contributed by atoms with Crippen molar-refractivity contribution in [3.8, 4) is 11.4 Å². The van der Waals surface area contributed by atoms with Crippen LogP contribution in [0.5, 0.6) is 0 Å². The molecule has 0 fully saturated rings. The fourth-order valence-corrected chi connectivity index (χ4v) is 2.45. The van der Waals surface area contributed by atoms with Crippen molar-refractivity contribution in [2.75, 3.05) is 7.11 Å². The number of benzene rings is 2. The molecule has 1 heterocycles. The van der Waals surface area contributed by atoms with Crippen molar-refractivity contribution in [3.63, 3.8) is 0 Å². The Hall–Kier alpha value is -2.95. The molecule has 0 aliphatic heterocycles. The summed E-state index contributed by atoms with van der Waals surface area (Å²) in [6, 6.07) is 13.4. The molecule has 0 bridgehead atoms. The minimum Gasteiger partial charge on any atom is -0.465 e. The highest BCUT2D eigenvalue weighted by molar-refractivity contribution is 5.91. The van der Waals surface area contributed by atoms with Crippen LogP contribution in [0.3, 0.4) is 0 Å². The van der Waals surface area contributed by atoms with Crippen molar-refractivity contribution in [3.05, 3.63) is 77.9 Å². The molecule has 0 atom stereocenters. The van der Waals surface area contributed by atoms with Gasteiger partial charge in [0.15, 0.2) is 0 Å². The topological polar surface area (TPSA) is 44.1 Å². The summed E-state index contributed by atoms with van der Waals surface area (Å²) in [4.78, 5) is 16.2. The van der Waals surface area contributed by atoms with E-state index < -0.39 is 0 Å². The molecule has 23 heavy (non-hydrogen) atoms. The molecule has 0 aliphatic carbocycles. The lowest BCUT2D eigenvalue weighted by Crippen LogP contribution is -2.09. The first-order chi connectivity index (χ1) is 11.2. The standard InChI is InChI=1S/C18H15FN2O2/c1-23-18(22)16-5-3-2-4-14(16)12-21-11-10-20-17(21)13-6-8-15(19)9-7-13/h2-11H,12H2,1H3. The fraction of sp³-hybridized carbons (Fsp3) is 0.111. The summed E-state index contributed by atoms with van der Waals surface area (Å²) in [6.45, 7) is 0.470. The monoisotopic (exact) mass is 310 g/mol. The van der Waals surface area contributed by atoms with Gasteiger partial charge in [-0.3, -0.25) is 0 Å². The largest absolute Gasteiger partial charge is 0.465 e. The van der Waals surface area contributed by atoms with Gasteiger partial charge in [-0.2, -0.15) is 0 Å². The Labute approximate surface area is 133 Å². The molecule has 1 aromatic heterocycles. The van der Waals surface area contributed by atoms with Crippen LogP contribution in [-0.4, -0.2) is 22.6 Å². The summed E-state index contributed by atoms with van der Waals surface area (Å²) in [5.41, 5.74) is 2.17. The molecule has 3 aromatic rings. The Morgan fingerprint density at radius 3 is 2.65 bits per heavy atom. The second-order valence-electron chi connectivity index (χ2n) is 5.03. The highest BCUT2D eigenvalue weighted by Gasteiger charge is 2.13. The summed E-state index contributed by atoms with van der Waals surface area (Å²) >= 11 is 0. The predicted octanol–water partition coefficient (Wildman–Crippen LogP) is 3.52. The molecule has 0 N–H and O–H groups in total. The van der Waals surface area contributed by atoms with Crippen molar-refractivity contribution >= 4 is 5.97 Å². The number of carbonyl (C=O) groups is 1. The number of aromatic nitrogens is 2. The number of esters is 1. The Balaban J connectivity index is 1.95. The van der Waals surface area contributed by atoms with Crippen molar-refractivity contribution in [2.45, 2.75) is 6.54 Å². The van der Waals surface area contributed by atoms with Gasteiger partial charge in [0.25, 0.3) is 0 Å². The van der Waals surface area contributed by atoms with E-state index in [1.54, 1.807) is 30.5 Å².